The van der Waals surface area contributed by atoms with Crippen LogP contribution in [0.3, 0.4) is 0 Å². The molecule has 0 radical (unpaired) electrons. The van der Waals surface area contributed by atoms with Crippen molar-refractivity contribution in [3.63, 3.8) is 0 Å². The first-order valence-corrected chi connectivity index (χ1v) is 11.3. The predicted molar refractivity (Wildman–Crippen MR) is 129 cm³/mol. The Balaban J connectivity index is 5.93. The normalized spacial score (nSPS) is 14.7. The molecule has 0 unspecified atom stereocenters. The van der Waals surface area contributed by atoms with E-state index in [1.807, 2.05) is 0 Å². The summed E-state index contributed by atoms with van der Waals surface area (Å²) >= 11 is 0. The minimum atomic E-state index is -1.77. The lowest BCUT2D eigenvalue weighted by Crippen LogP contribution is -2.57. The van der Waals surface area contributed by atoms with Gasteiger partial charge >= 0.3 is 17.9 Å². The Labute approximate surface area is 216 Å². The van der Waals surface area contributed by atoms with Crippen LogP contribution in [0, 0.1) is 0 Å². The molecule has 14 N–H and O–H groups in total. The van der Waals surface area contributed by atoms with E-state index in [0.29, 0.717) is 12.8 Å². The molecule has 0 fully saturated rings. The monoisotopic (exact) mass is 535 g/mol. The molecule has 17 nitrogen and oxygen atoms in total. The van der Waals surface area contributed by atoms with Crippen LogP contribution in [0.25, 0.3) is 2.86 Å². The summed E-state index contributed by atoms with van der Waals surface area (Å²) in [6.07, 6.45) is -1.08. The number of carboxylic acids is 3. The van der Waals surface area contributed by atoms with E-state index in [1.54, 1.807) is 0 Å². The molecule has 3 amide bonds. The highest BCUT2D eigenvalue weighted by atomic mass is 16.4. The average molecular weight is 536 g/mol. The van der Waals surface area contributed by atoms with Crippen molar-refractivity contribution in [1.82, 2.24) is 15.9 Å². The maximum absolute atomic E-state index is 13.2. The lowest BCUT2D eigenvalue weighted by molar-refractivity contribution is -0.143. The van der Waals surface area contributed by atoms with Crippen LogP contribution < -0.4 is 38.9 Å². The third kappa shape index (κ3) is 14.9. The van der Waals surface area contributed by atoms with Gasteiger partial charge in [-0.1, -0.05) is 0 Å². The number of unbranched alkanes of at least 4 members (excludes halogenated alkanes) is 1. The Morgan fingerprint density at radius 1 is 0.838 bits per heavy atom. The standard InChI is InChI=1S/C20H36N8O9/c21-6-2-1-4-12(19(36)37)27-18(35)13(9-15(31)32)28-17(34)11(5-3-7-25-20(23)24)26-16(33)10(22)8-14(29)30/h10-13H,1-9,21-22H2,(H,26,33)(H,27,35)(H,28,34)(H,29,30)(H,31,32)(H,36,37)(H4,23,24,25)/t10-,11+,12+,13+/m1/s1/i/hD3. The summed E-state index contributed by atoms with van der Waals surface area (Å²) in [5.41, 5.74) is 21.5. The van der Waals surface area contributed by atoms with Crippen molar-refractivity contribution >= 4 is 41.6 Å². The largest absolute Gasteiger partial charge is 0.481 e. The van der Waals surface area contributed by atoms with Crippen LogP contribution in [-0.2, 0) is 28.8 Å². The van der Waals surface area contributed by atoms with Crippen molar-refractivity contribution in [3.8, 4) is 0 Å². The zero-order valence-corrected chi connectivity index (χ0v) is 20.1. The van der Waals surface area contributed by atoms with Crippen LogP contribution in [0.15, 0.2) is 4.99 Å². The SMILES string of the molecule is [2H]OC(=O)C[C@@H](N)C(=O)N([2H])[C@@H](CCCN=C(N)N)C(=O)N[C@@H](CC(=O)O[2H])C(=O)N[C@@H](CCCCN)C(=O)O. The molecule has 0 saturated heterocycles. The van der Waals surface area contributed by atoms with E-state index in [1.165, 1.54) is 0 Å². The van der Waals surface area contributed by atoms with Crippen molar-refractivity contribution in [2.24, 2.45) is 27.9 Å². The fraction of sp³-hybridized carbons (Fsp3) is 0.650. The zero-order valence-electron chi connectivity index (χ0n) is 23.1. The van der Waals surface area contributed by atoms with E-state index in [-0.39, 0.29) is 43.6 Å². The summed E-state index contributed by atoms with van der Waals surface area (Å²) < 4.78 is 21.5. The average Bonchev–Trinajstić information content (AvgIpc) is 2.90. The van der Waals surface area contributed by atoms with Gasteiger partial charge in [-0.05, 0) is 38.6 Å². The molecule has 4 atom stereocenters. The van der Waals surface area contributed by atoms with Crippen LogP contribution >= 0.6 is 0 Å². The molecule has 0 spiro atoms. The molecule has 37 heavy (non-hydrogen) atoms. The van der Waals surface area contributed by atoms with E-state index in [0.717, 1.165) is 0 Å². The van der Waals surface area contributed by atoms with Crippen molar-refractivity contribution < 1.29 is 45.5 Å². The van der Waals surface area contributed by atoms with Gasteiger partial charge in [-0.2, -0.15) is 0 Å². The second-order valence-electron chi connectivity index (χ2n) is 7.94. The third-order valence-corrected chi connectivity index (χ3v) is 4.78. The van der Waals surface area contributed by atoms with Crippen LogP contribution in [0.5, 0.6) is 0 Å². The number of carboxylic acid groups (broad SMARTS) is 3. The Kier molecular flexibility index (Phi) is 13.0. The fourth-order valence-corrected chi connectivity index (χ4v) is 2.93. The quantitative estimate of drug-likeness (QED) is 0.0428. The van der Waals surface area contributed by atoms with Gasteiger partial charge < -0.3 is 54.2 Å². The minimum absolute atomic E-state index is 0.0110. The highest BCUT2D eigenvalue weighted by molar-refractivity contribution is 5.96. The topological polar surface area (TPSA) is 316 Å². The number of hydrogen-bond donors (Lipinski definition) is 10. The van der Waals surface area contributed by atoms with Crippen LogP contribution in [0.1, 0.15) is 44.9 Å². The summed E-state index contributed by atoms with van der Waals surface area (Å²) in [5.74, 6) is -7.56. The van der Waals surface area contributed by atoms with Crippen molar-refractivity contribution in [3.05, 3.63) is 0 Å². The van der Waals surface area contributed by atoms with Crippen molar-refractivity contribution in [2.75, 3.05) is 13.1 Å². The van der Waals surface area contributed by atoms with Crippen molar-refractivity contribution in [1.29, 1.82) is 2.86 Å². The highest BCUT2D eigenvalue weighted by Crippen LogP contribution is 2.05. The predicted octanol–water partition coefficient (Wildman–Crippen LogP) is -4.02. The molecular weight excluding hydrogens is 496 g/mol. The number of rotatable bonds is 19. The van der Waals surface area contributed by atoms with Crippen LogP contribution in [0.4, 0.5) is 0 Å². The molecule has 0 aliphatic rings. The first-order chi connectivity index (χ1) is 18.8. The maximum Gasteiger partial charge on any atom is 0.326 e. The first kappa shape index (κ1) is 27.6. The summed E-state index contributed by atoms with van der Waals surface area (Å²) in [7, 11) is 0. The van der Waals surface area contributed by atoms with Gasteiger partial charge in [0.1, 0.15) is 18.1 Å². The number of aliphatic carboxylic acids is 3. The fourth-order valence-electron chi connectivity index (χ4n) is 2.93. The molecule has 0 saturated carbocycles. The molecule has 0 rings (SSSR count). The van der Waals surface area contributed by atoms with Gasteiger partial charge in [0.2, 0.25) is 17.7 Å². The molecule has 0 aliphatic heterocycles. The van der Waals surface area contributed by atoms with E-state index in [9.17, 15) is 33.9 Å². The molecule has 210 valence electrons. The number of nitrogens with one attached hydrogen (secondary N) is 3. The Morgan fingerprint density at radius 3 is 1.97 bits per heavy atom. The molecule has 0 heterocycles. The van der Waals surface area contributed by atoms with Gasteiger partial charge in [-0.15, -0.1) is 0 Å². The van der Waals surface area contributed by atoms with Gasteiger partial charge in [0, 0.05) is 6.54 Å². The summed E-state index contributed by atoms with van der Waals surface area (Å²) in [4.78, 5) is 77.0. The van der Waals surface area contributed by atoms with Gasteiger partial charge in [0.25, 0.3) is 2.86 Å². The van der Waals surface area contributed by atoms with Gasteiger partial charge in [0.05, 0.1) is 18.9 Å². The lowest BCUT2D eigenvalue weighted by Gasteiger charge is -2.24. The highest BCUT2D eigenvalue weighted by Gasteiger charge is 2.31. The minimum Gasteiger partial charge on any atom is -0.481 e. The number of guanidine groups is 1. The zero-order chi connectivity index (χ0) is 30.8. The Bertz CT molecular complexity index is 924. The molecule has 0 aromatic rings. The molecule has 0 bridgehead atoms. The number of nitrogens with zero attached hydrogens (tertiary/aromatic N) is 1. The second-order valence-corrected chi connectivity index (χ2v) is 7.94. The molecule has 17 heteroatoms. The number of carbonyl (C=O) groups excluding carboxylic acids is 3. The number of hydrogen-bond acceptors (Lipinski definition) is 11. The summed E-state index contributed by atoms with van der Waals surface area (Å²) in [6.45, 7) is 0.263. The maximum atomic E-state index is 13.2. The number of aliphatic imine (C=N–C) groups is 1. The molecule has 0 aliphatic carbocycles. The van der Waals surface area contributed by atoms with E-state index >= 15 is 0 Å². The third-order valence-electron chi connectivity index (χ3n) is 4.78. The Hall–Kier alpha value is -3.99. The number of carbonyl (C=O) groups is 6. The van der Waals surface area contributed by atoms with Crippen molar-refractivity contribution in [2.45, 2.75) is 69.1 Å². The van der Waals surface area contributed by atoms with Gasteiger partial charge in [-0.3, -0.25) is 29.0 Å². The number of amides is 3. The second kappa shape index (κ2) is 17.4. The Morgan fingerprint density at radius 2 is 1.41 bits per heavy atom. The summed E-state index contributed by atoms with van der Waals surface area (Å²) in [6, 6.07) is -6.49. The lowest BCUT2D eigenvalue weighted by atomic mass is 10.1. The van der Waals surface area contributed by atoms with E-state index in [4.69, 9.17) is 27.2 Å². The first-order valence-electron chi connectivity index (χ1n) is 12.5. The molecule has 0 aromatic carbocycles. The summed E-state index contributed by atoms with van der Waals surface area (Å²) in [5, 5.41) is 21.4. The molecular formula is C20H36N8O9. The van der Waals surface area contributed by atoms with Crippen LogP contribution in [-0.4, -0.2) is 94.2 Å². The molecule has 0 aromatic heterocycles. The van der Waals surface area contributed by atoms with Gasteiger partial charge in [0.15, 0.2) is 7.37 Å². The van der Waals surface area contributed by atoms with Gasteiger partial charge in [-0.25, -0.2) is 4.79 Å². The van der Waals surface area contributed by atoms with Crippen LogP contribution in [0.2, 0.25) is 1.41 Å². The van der Waals surface area contributed by atoms with E-state index in [2.05, 4.69) is 25.8 Å². The van der Waals surface area contributed by atoms with E-state index < -0.39 is 72.6 Å². The smallest absolute Gasteiger partial charge is 0.326 e. The number of nitrogens with two attached hydrogens (primary N) is 4.